The second-order valence-electron chi connectivity index (χ2n) is 6.33. The van der Waals surface area contributed by atoms with E-state index in [1.165, 1.54) is 0 Å². The molecule has 25 heavy (non-hydrogen) atoms. The lowest BCUT2D eigenvalue weighted by atomic mass is 10.0. The standard InChI is InChI=1S/C17H20N2O5S/c1-11-17(12(2)24-18-11)25(20,21)19-7-3-4-14(19)13-5-6-15-16(10-13)23-9-8-22-15/h5-6,10,14H,3-4,7-9H2,1-2H3. The lowest BCUT2D eigenvalue weighted by Gasteiger charge is -2.26. The maximum absolute atomic E-state index is 13.2. The lowest BCUT2D eigenvalue weighted by molar-refractivity contribution is 0.171. The summed E-state index contributed by atoms with van der Waals surface area (Å²) in [7, 11) is -3.67. The van der Waals surface area contributed by atoms with Gasteiger partial charge in [0.25, 0.3) is 0 Å². The minimum absolute atomic E-state index is 0.178. The van der Waals surface area contributed by atoms with Gasteiger partial charge in [-0.3, -0.25) is 0 Å². The minimum atomic E-state index is -3.67. The molecule has 4 rings (SSSR count). The van der Waals surface area contributed by atoms with Crippen LogP contribution in [0.15, 0.2) is 27.6 Å². The third kappa shape index (κ3) is 2.69. The molecule has 0 radical (unpaired) electrons. The second-order valence-corrected chi connectivity index (χ2v) is 8.16. The smallest absolute Gasteiger partial charge is 0.249 e. The zero-order chi connectivity index (χ0) is 17.6. The zero-order valence-corrected chi connectivity index (χ0v) is 15.0. The number of ether oxygens (including phenoxy) is 2. The number of rotatable bonds is 3. The van der Waals surface area contributed by atoms with Crippen molar-refractivity contribution >= 4 is 10.0 Å². The van der Waals surface area contributed by atoms with Crippen molar-refractivity contribution in [1.29, 1.82) is 0 Å². The van der Waals surface area contributed by atoms with Gasteiger partial charge < -0.3 is 14.0 Å². The average molecular weight is 364 g/mol. The number of aromatic nitrogens is 1. The van der Waals surface area contributed by atoms with Gasteiger partial charge in [-0.2, -0.15) is 4.31 Å². The summed E-state index contributed by atoms with van der Waals surface area (Å²) in [4.78, 5) is 0.178. The Morgan fingerprint density at radius 3 is 2.64 bits per heavy atom. The molecule has 1 unspecified atom stereocenters. The van der Waals surface area contributed by atoms with Crippen LogP contribution in [0.1, 0.15) is 35.9 Å². The maximum Gasteiger partial charge on any atom is 0.249 e. The predicted molar refractivity (Wildman–Crippen MR) is 89.3 cm³/mol. The number of hydrogen-bond donors (Lipinski definition) is 0. The fourth-order valence-corrected chi connectivity index (χ4v) is 5.57. The Kier molecular flexibility index (Phi) is 3.96. The highest BCUT2D eigenvalue weighted by atomic mass is 32.2. The van der Waals surface area contributed by atoms with Crippen molar-refractivity contribution in [2.75, 3.05) is 19.8 Å². The summed E-state index contributed by atoms with van der Waals surface area (Å²) in [6.45, 7) is 4.79. The van der Waals surface area contributed by atoms with Crippen LogP contribution in [-0.2, 0) is 10.0 Å². The summed E-state index contributed by atoms with van der Waals surface area (Å²) in [5.41, 5.74) is 1.31. The summed E-state index contributed by atoms with van der Waals surface area (Å²) < 4.78 is 44.2. The number of fused-ring (bicyclic) bond motifs is 1. The van der Waals surface area contributed by atoms with Gasteiger partial charge in [-0.05, 0) is 44.4 Å². The quantitative estimate of drug-likeness (QED) is 0.833. The molecule has 0 amide bonds. The van der Waals surface area contributed by atoms with Gasteiger partial charge in [0.2, 0.25) is 10.0 Å². The molecule has 134 valence electrons. The van der Waals surface area contributed by atoms with Crippen LogP contribution in [0.3, 0.4) is 0 Å². The number of sulfonamides is 1. The molecule has 7 nitrogen and oxygen atoms in total. The van der Waals surface area contributed by atoms with Crippen LogP contribution in [0.5, 0.6) is 11.5 Å². The van der Waals surface area contributed by atoms with Crippen LogP contribution in [0, 0.1) is 13.8 Å². The largest absolute Gasteiger partial charge is 0.486 e. The highest BCUT2D eigenvalue weighted by molar-refractivity contribution is 7.89. The van der Waals surface area contributed by atoms with Crippen molar-refractivity contribution in [3.63, 3.8) is 0 Å². The molecule has 1 fully saturated rings. The van der Waals surface area contributed by atoms with Gasteiger partial charge in [0, 0.05) is 6.54 Å². The number of benzene rings is 1. The Labute approximate surface area is 146 Å². The fraction of sp³-hybridized carbons (Fsp3) is 0.471. The van der Waals surface area contributed by atoms with E-state index in [4.69, 9.17) is 14.0 Å². The molecule has 8 heteroatoms. The van der Waals surface area contributed by atoms with Gasteiger partial charge in [0.15, 0.2) is 17.3 Å². The lowest BCUT2D eigenvalue weighted by Crippen LogP contribution is -2.31. The monoisotopic (exact) mass is 364 g/mol. The van der Waals surface area contributed by atoms with E-state index in [0.29, 0.717) is 42.7 Å². The Hall–Kier alpha value is -2.06. The Balaban J connectivity index is 1.71. The van der Waals surface area contributed by atoms with Crippen LogP contribution in [0.2, 0.25) is 0 Å². The van der Waals surface area contributed by atoms with Crippen molar-refractivity contribution in [2.24, 2.45) is 0 Å². The molecule has 1 aromatic heterocycles. The molecule has 1 atom stereocenters. The molecule has 0 aliphatic carbocycles. The highest BCUT2D eigenvalue weighted by Gasteiger charge is 2.39. The predicted octanol–water partition coefficient (Wildman–Crippen LogP) is 2.59. The van der Waals surface area contributed by atoms with Gasteiger partial charge in [-0.25, -0.2) is 8.42 Å². The van der Waals surface area contributed by atoms with Crippen molar-refractivity contribution in [1.82, 2.24) is 9.46 Å². The molecule has 0 bridgehead atoms. The first kappa shape index (κ1) is 16.4. The first-order valence-electron chi connectivity index (χ1n) is 8.33. The molecule has 2 aliphatic rings. The maximum atomic E-state index is 13.2. The summed E-state index contributed by atoms with van der Waals surface area (Å²) in [6, 6.07) is 5.43. The summed E-state index contributed by atoms with van der Waals surface area (Å²) in [5.74, 6) is 1.70. The van der Waals surface area contributed by atoms with Crippen molar-refractivity contribution < 1.29 is 22.4 Å². The summed E-state index contributed by atoms with van der Waals surface area (Å²) >= 11 is 0. The zero-order valence-electron chi connectivity index (χ0n) is 14.2. The minimum Gasteiger partial charge on any atom is -0.486 e. The molecule has 0 saturated carbocycles. The molecule has 0 spiro atoms. The summed E-state index contributed by atoms with van der Waals surface area (Å²) in [5, 5.41) is 3.79. The highest BCUT2D eigenvalue weighted by Crippen LogP contribution is 2.41. The van der Waals surface area contributed by atoms with Gasteiger partial charge >= 0.3 is 0 Å². The molecule has 2 aliphatic heterocycles. The van der Waals surface area contributed by atoms with Gasteiger partial charge in [0.05, 0.1) is 6.04 Å². The molecule has 2 aromatic rings. The number of aryl methyl sites for hydroxylation is 2. The Bertz CT molecular complexity index is 886. The molecular formula is C17H20N2O5S. The van der Waals surface area contributed by atoms with Crippen molar-refractivity contribution in [2.45, 2.75) is 37.6 Å². The van der Waals surface area contributed by atoms with E-state index in [0.717, 1.165) is 18.4 Å². The van der Waals surface area contributed by atoms with E-state index < -0.39 is 10.0 Å². The first-order chi connectivity index (χ1) is 12.0. The van der Waals surface area contributed by atoms with Crippen LogP contribution in [0.4, 0.5) is 0 Å². The van der Waals surface area contributed by atoms with Gasteiger partial charge in [0.1, 0.15) is 23.8 Å². The Morgan fingerprint density at radius 2 is 1.92 bits per heavy atom. The number of nitrogens with zero attached hydrogens (tertiary/aromatic N) is 2. The van der Waals surface area contributed by atoms with Crippen LogP contribution < -0.4 is 9.47 Å². The van der Waals surface area contributed by atoms with E-state index in [9.17, 15) is 8.42 Å². The van der Waals surface area contributed by atoms with E-state index >= 15 is 0 Å². The van der Waals surface area contributed by atoms with Crippen LogP contribution in [0.25, 0.3) is 0 Å². The first-order valence-corrected chi connectivity index (χ1v) is 9.77. The molecule has 3 heterocycles. The third-order valence-corrected chi connectivity index (χ3v) is 6.84. The second kappa shape index (κ2) is 6.03. The van der Waals surface area contributed by atoms with E-state index in [2.05, 4.69) is 5.16 Å². The van der Waals surface area contributed by atoms with Crippen LogP contribution in [-0.4, -0.2) is 37.6 Å². The van der Waals surface area contributed by atoms with E-state index in [-0.39, 0.29) is 10.9 Å². The Morgan fingerprint density at radius 1 is 1.16 bits per heavy atom. The van der Waals surface area contributed by atoms with Crippen LogP contribution >= 0.6 is 0 Å². The van der Waals surface area contributed by atoms with Crippen molar-refractivity contribution in [3.8, 4) is 11.5 Å². The number of hydrogen-bond acceptors (Lipinski definition) is 6. The van der Waals surface area contributed by atoms with E-state index in [1.807, 2.05) is 18.2 Å². The SMILES string of the molecule is Cc1noc(C)c1S(=O)(=O)N1CCCC1c1ccc2c(c1)OCCO2. The van der Waals surface area contributed by atoms with Gasteiger partial charge in [-0.1, -0.05) is 11.2 Å². The molecule has 0 N–H and O–H groups in total. The third-order valence-electron chi connectivity index (χ3n) is 4.69. The van der Waals surface area contributed by atoms with Crippen molar-refractivity contribution in [3.05, 3.63) is 35.2 Å². The average Bonchev–Trinajstić information content (AvgIpc) is 3.22. The molecular weight excluding hydrogens is 344 g/mol. The fourth-order valence-electron chi connectivity index (χ4n) is 3.59. The summed E-state index contributed by atoms with van der Waals surface area (Å²) in [6.07, 6.45) is 1.57. The molecule has 1 aromatic carbocycles. The topological polar surface area (TPSA) is 81.9 Å². The normalized spacial score (nSPS) is 20.8. The molecule has 1 saturated heterocycles. The van der Waals surface area contributed by atoms with Gasteiger partial charge in [-0.15, -0.1) is 0 Å². The van der Waals surface area contributed by atoms with E-state index in [1.54, 1.807) is 18.2 Å².